The topological polar surface area (TPSA) is 21.3 Å². The largest absolute Gasteiger partial charge is 0.384 e. The Balaban J connectivity index is 2.57. The van der Waals surface area contributed by atoms with E-state index in [1.807, 2.05) is 0 Å². The van der Waals surface area contributed by atoms with Crippen LogP contribution >= 0.6 is 0 Å². The molecule has 0 saturated heterocycles. The summed E-state index contributed by atoms with van der Waals surface area (Å²) >= 11 is 0. The summed E-state index contributed by atoms with van der Waals surface area (Å²) in [7, 11) is 1.80. The van der Waals surface area contributed by atoms with Gasteiger partial charge < -0.3 is 10.1 Å². The molecular weight excluding hydrogens is 222 g/mol. The summed E-state index contributed by atoms with van der Waals surface area (Å²) in [5.74, 6) is 0.630. The molecule has 2 unspecified atom stereocenters. The van der Waals surface area contributed by atoms with Crippen molar-refractivity contribution in [2.75, 3.05) is 20.3 Å². The van der Waals surface area contributed by atoms with Crippen LogP contribution in [0.15, 0.2) is 11.6 Å². The van der Waals surface area contributed by atoms with Crippen molar-refractivity contribution >= 4 is 0 Å². The lowest BCUT2D eigenvalue weighted by Gasteiger charge is -2.25. The molecule has 0 bridgehead atoms. The summed E-state index contributed by atoms with van der Waals surface area (Å²) in [4.78, 5) is 0. The van der Waals surface area contributed by atoms with Gasteiger partial charge in [0, 0.05) is 19.8 Å². The number of rotatable bonds is 7. The molecule has 0 radical (unpaired) electrons. The lowest BCUT2D eigenvalue weighted by atomic mass is 9.90. The number of likely N-dealkylation sites (N-methyl/N-ethyl adjacent to an activating group) is 1. The monoisotopic (exact) mass is 253 g/mol. The van der Waals surface area contributed by atoms with Crippen LogP contribution in [-0.4, -0.2) is 26.3 Å². The van der Waals surface area contributed by atoms with E-state index in [0.29, 0.717) is 12.0 Å². The molecule has 1 rings (SSSR count). The maximum Gasteiger partial charge on any atom is 0.0488 e. The minimum atomic E-state index is 0.568. The molecule has 0 aromatic carbocycles. The van der Waals surface area contributed by atoms with Crippen molar-refractivity contribution in [3.05, 3.63) is 11.6 Å². The second-order valence-corrected chi connectivity index (χ2v) is 5.64. The van der Waals surface area contributed by atoms with Gasteiger partial charge in [0.05, 0.1) is 0 Å². The second-order valence-electron chi connectivity index (χ2n) is 5.64. The van der Waals surface area contributed by atoms with Gasteiger partial charge in [-0.25, -0.2) is 0 Å². The third kappa shape index (κ3) is 6.01. The molecule has 0 aliphatic heterocycles. The number of allylic oxidation sites excluding steroid dienone is 1. The maximum atomic E-state index is 5.27. The Morgan fingerprint density at radius 1 is 1.28 bits per heavy atom. The van der Waals surface area contributed by atoms with Gasteiger partial charge in [0.2, 0.25) is 0 Å². The fraction of sp³-hybridized carbons (Fsp3) is 0.875. The molecule has 0 saturated carbocycles. The zero-order valence-electron chi connectivity index (χ0n) is 12.5. The van der Waals surface area contributed by atoms with Crippen LogP contribution in [-0.2, 0) is 4.74 Å². The molecule has 2 nitrogen and oxygen atoms in total. The molecule has 0 spiro atoms. The van der Waals surface area contributed by atoms with Crippen molar-refractivity contribution in [2.24, 2.45) is 5.92 Å². The summed E-state index contributed by atoms with van der Waals surface area (Å²) in [5.41, 5.74) is 1.65. The molecule has 0 amide bonds. The first-order valence-electron chi connectivity index (χ1n) is 7.69. The van der Waals surface area contributed by atoms with Crippen molar-refractivity contribution < 1.29 is 4.74 Å². The highest BCUT2D eigenvalue weighted by Crippen LogP contribution is 2.23. The molecule has 0 heterocycles. The lowest BCUT2D eigenvalue weighted by Crippen LogP contribution is -2.33. The fourth-order valence-electron chi connectivity index (χ4n) is 2.90. The number of methoxy groups -OCH3 is 1. The van der Waals surface area contributed by atoms with Gasteiger partial charge in [0.1, 0.15) is 0 Å². The van der Waals surface area contributed by atoms with E-state index >= 15 is 0 Å². The first-order valence-corrected chi connectivity index (χ1v) is 7.69. The van der Waals surface area contributed by atoms with E-state index in [1.165, 1.54) is 44.9 Å². The van der Waals surface area contributed by atoms with Gasteiger partial charge in [0.15, 0.2) is 0 Å². The highest BCUT2D eigenvalue weighted by molar-refractivity contribution is 5.12. The highest BCUT2D eigenvalue weighted by Gasteiger charge is 2.17. The van der Waals surface area contributed by atoms with Gasteiger partial charge in [-0.05, 0) is 44.6 Å². The van der Waals surface area contributed by atoms with E-state index in [4.69, 9.17) is 4.74 Å². The lowest BCUT2D eigenvalue weighted by molar-refractivity contribution is 0.151. The average Bonchev–Trinajstić information content (AvgIpc) is 2.28. The van der Waals surface area contributed by atoms with E-state index < -0.39 is 0 Å². The Morgan fingerprint density at radius 3 is 2.78 bits per heavy atom. The summed E-state index contributed by atoms with van der Waals surface area (Å²) in [6.07, 6.45) is 11.8. The predicted molar refractivity (Wildman–Crippen MR) is 78.9 cm³/mol. The minimum absolute atomic E-state index is 0.568. The van der Waals surface area contributed by atoms with Crippen LogP contribution in [0.3, 0.4) is 0 Å². The van der Waals surface area contributed by atoms with Crippen molar-refractivity contribution in [3.8, 4) is 0 Å². The quantitative estimate of drug-likeness (QED) is 0.694. The number of ether oxygens (including phenoxy) is 1. The van der Waals surface area contributed by atoms with Gasteiger partial charge in [-0.1, -0.05) is 38.3 Å². The Morgan fingerprint density at radius 2 is 2.06 bits per heavy atom. The maximum absolute atomic E-state index is 5.27. The first kappa shape index (κ1) is 15.7. The third-order valence-electron chi connectivity index (χ3n) is 3.81. The second kappa shape index (κ2) is 9.57. The van der Waals surface area contributed by atoms with Crippen LogP contribution in [0.25, 0.3) is 0 Å². The van der Waals surface area contributed by atoms with Crippen molar-refractivity contribution in [2.45, 2.75) is 64.8 Å². The van der Waals surface area contributed by atoms with Crippen LogP contribution in [0.1, 0.15) is 58.8 Å². The molecule has 1 N–H and O–H groups in total. The van der Waals surface area contributed by atoms with Crippen molar-refractivity contribution in [3.63, 3.8) is 0 Å². The zero-order valence-corrected chi connectivity index (χ0v) is 12.5. The zero-order chi connectivity index (χ0) is 13.2. The number of nitrogens with one attached hydrogen (secondary N) is 1. The van der Waals surface area contributed by atoms with Gasteiger partial charge in [-0.3, -0.25) is 0 Å². The molecule has 1 aliphatic rings. The standard InChI is InChI=1S/C16H31NO/c1-4-17-16(12-14(2)13-18-3)15-10-8-6-5-7-9-11-15/h10,14,16-17H,4-9,11-13H2,1-3H3. The molecule has 106 valence electrons. The third-order valence-corrected chi connectivity index (χ3v) is 3.81. The summed E-state index contributed by atoms with van der Waals surface area (Å²) in [6.45, 7) is 6.42. The Kier molecular flexibility index (Phi) is 8.36. The molecule has 1 aliphatic carbocycles. The molecular formula is C16H31NO. The summed E-state index contributed by atoms with van der Waals surface area (Å²) in [6, 6.07) is 0.568. The highest BCUT2D eigenvalue weighted by atomic mass is 16.5. The van der Waals surface area contributed by atoms with Gasteiger partial charge in [-0.15, -0.1) is 0 Å². The molecule has 18 heavy (non-hydrogen) atoms. The van der Waals surface area contributed by atoms with E-state index in [2.05, 4.69) is 25.2 Å². The normalized spacial score (nSPS) is 20.7. The van der Waals surface area contributed by atoms with Crippen LogP contribution in [0, 0.1) is 5.92 Å². The smallest absolute Gasteiger partial charge is 0.0488 e. The van der Waals surface area contributed by atoms with Crippen molar-refractivity contribution in [1.29, 1.82) is 0 Å². The van der Waals surface area contributed by atoms with E-state index in [1.54, 1.807) is 12.7 Å². The van der Waals surface area contributed by atoms with Crippen LogP contribution in [0.4, 0.5) is 0 Å². The fourth-order valence-corrected chi connectivity index (χ4v) is 2.90. The number of hydrogen-bond acceptors (Lipinski definition) is 2. The van der Waals surface area contributed by atoms with Crippen LogP contribution < -0.4 is 5.32 Å². The van der Waals surface area contributed by atoms with Gasteiger partial charge in [0.25, 0.3) is 0 Å². The van der Waals surface area contributed by atoms with Crippen LogP contribution in [0.5, 0.6) is 0 Å². The molecule has 0 aromatic heterocycles. The molecule has 2 atom stereocenters. The average molecular weight is 253 g/mol. The van der Waals surface area contributed by atoms with E-state index in [0.717, 1.165) is 13.2 Å². The Labute approximate surface area is 113 Å². The van der Waals surface area contributed by atoms with Gasteiger partial charge in [-0.2, -0.15) is 0 Å². The first-order chi connectivity index (χ1) is 8.77. The predicted octanol–water partition coefficient (Wildman–Crippen LogP) is 3.92. The summed E-state index contributed by atoms with van der Waals surface area (Å²) < 4.78 is 5.27. The molecule has 0 aromatic rings. The molecule has 0 fully saturated rings. The van der Waals surface area contributed by atoms with Crippen LogP contribution in [0.2, 0.25) is 0 Å². The van der Waals surface area contributed by atoms with E-state index in [-0.39, 0.29) is 0 Å². The Hall–Kier alpha value is -0.340. The number of hydrogen-bond donors (Lipinski definition) is 1. The SMILES string of the molecule is CCNC(CC(C)COC)C1=CCCCCCC1. The minimum Gasteiger partial charge on any atom is -0.384 e. The Bertz CT molecular complexity index is 237. The summed E-state index contributed by atoms with van der Waals surface area (Å²) in [5, 5.41) is 3.67. The van der Waals surface area contributed by atoms with E-state index in [9.17, 15) is 0 Å². The van der Waals surface area contributed by atoms with Gasteiger partial charge >= 0.3 is 0 Å². The van der Waals surface area contributed by atoms with Crippen molar-refractivity contribution in [1.82, 2.24) is 5.32 Å². The molecule has 2 heteroatoms.